The number of benzene rings is 2. The van der Waals surface area contributed by atoms with Crippen molar-refractivity contribution < 1.29 is 14.8 Å². The monoisotopic (exact) mass is 331 g/mol. The van der Waals surface area contributed by atoms with E-state index in [1.54, 1.807) is 30.3 Å². The summed E-state index contributed by atoms with van der Waals surface area (Å²) < 4.78 is 0. The minimum absolute atomic E-state index is 0.0841. The van der Waals surface area contributed by atoms with Crippen molar-refractivity contribution in [2.24, 2.45) is 0 Å². The van der Waals surface area contributed by atoms with E-state index < -0.39 is 10.8 Å². The third-order valence-electron chi connectivity index (χ3n) is 2.98. The van der Waals surface area contributed by atoms with E-state index in [1.807, 2.05) is 0 Å². The Balaban J connectivity index is 1.99. The number of nitrogens with one attached hydrogen (secondary N) is 1. The number of nitro benzene ring substituents is 1. The number of rotatable bonds is 5. The number of carbonyl (C=O) groups is 1. The number of carbonyl (C=O) groups excluding carboxylic acids is 1. The molecule has 23 heavy (non-hydrogen) atoms. The Hall–Kier alpha value is -2.86. The van der Waals surface area contributed by atoms with Crippen molar-refractivity contribution in [3.05, 3.63) is 74.8 Å². The predicted octanol–water partition coefficient (Wildman–Crippen LogP) is 2.65. The molecule has 1 N–H and O–H groups in total. The van der Waals surface area contributed by atoms with Crippen LogP contribution in [0.1, 0.15) is 11.1 Å². The van der Waals surface area contributed by atoms with Crippen LogP contribution in [0, 0.1) is 10.1 Å². The summed E-state index contributed by atoms with van der Waals surface area (Å²) in [6.07, 6.45) is 2.88. The second-order valence-corrected chi connectivity index (χ2v) is 5.09. The highest BCUT2D eigenvalue weighted by Gasteiger charge is 2.07. The molecule has 0 heterocycles. The molecule has 0 spiro atoms. The average molecular weight is 332 g/mol. The fourth-order valence-corrected chi connectivity index (χ4v) is 2.04. The standard InChI is InChI=1S/C16H13ClN2O4/c17-13-3-1-2-11(8-13)4-7-16(21)18-10-12-9-14(19(22)23)5-6-15(12)20/h1-9,20H,10H2,(H,18,21)/p-1/b7-4+. The van der Waals surface area contributed by atoms with Gasteiger partial charge < -0.3 is 10.4 Å². The van der Waals surface area contributed by atoms with Gasteiger partial charge in [-0.05, 0) is 29.3 Å². The molecule has 0 radical (unpaired) electrons. The molecule has 0 saturated heterocycles. The molecule has 1 amide bonds. The van der Waals surface area contributed by atoms with Crippen molar-refractivity contribution in [2.75, 3.05) is 0 Å². The first-order valence-electron chi connectivity index (χ1n) is 6.61. The average Bonchev–Trinajstić information content (AvgIpc) is 2.52. The van der Waals surface area contributed by atoms with Crippen LogP contribution in [0.15, 0.2) is 48.5 Å². The summed E-state index contributed by atoms with van der Waals surface area (Å²) in [6, 6.07) is 10.4. The topological polar surface area (TPSA) is 95.3 Å². The molecule has 0 fully saturated rings. The zero-order chi connectivity index (χ0) is 16.8. The first-order valence-corrected chi connectivity index (χ1v) is 6.99. The smallest absolute Gasteiger partial charge is 0.269 e. The van der Waals surface area contributed by atoms with Gasteiger partial charge in [-0.1, -0.05) is 29.8 Å². The summed E-state index contributed by atoms with van der Waals surface area (Å²) in [5, 5.41) is 25.4. The molecule has 2 aromatic rings. The van der Waals surface area contributed by atoms with Crippen LogP contribution >= 0.6 is 11.6 Å². The van der Waals surface area contributed by atoms with Crippen LogP contribution in [0.4, 0.5) is 5.69 Å². The Bertz CT molecular complexity index is 774. The van der Waals surface area contributed by atoms with Gasteiger partial charge in [0.15, 0.2) is 0 Å². The Labute approximate surface area is 137 Å². The lowest BCUT2D eigenvalue weighted by Crippen LogP contribution is -2.21. The first kappa shape index (κ1) is 16.5. The van der Waals surface area contributed by atoms with Crippen molar-refractivity contribution in [1.29, 1.82) is 0 Å². The Kier molecular flexibility index (Phi) is 5.32. The van der Waals surface area contributed by atoms with Crippen LogP contribution in [-0.4, -0.2) is 10.8 Å². The van der Waals surface area contributed by atoms with Gasteiger partial charge in [-0.25, -0.2) is 0 Å². The van der Waals surface area contributed by atoms with Crippen LogP contribution in [-0.2, 0) is 11.3 Å². The second-order valence-electron chi connectivity index (χ2n) is 4.66. The van der Waals surface area contributed by atoms with Crippen LogP contribution in [0.5, 0.6) is 5.75 Å². The van der Waals surface area contributed by atoms with Gasteiger partial charge in [0.05, 0.1) is 4.92 Å². The second kappa shape index (κ2) is 7.42. The van der Waals surface area contributed by atoms with E-state index in [1.165, 1.54) is 6.08 Å². The molecule has 0 aliphatic rings. The number of amides is 1. The largest absolute Gasteiger partial charge is 0.872 e. The van der Waals surface area contributed by atoms with Crippen molar-refractivity contribution in [2.45, 2.75) is 6.54 Å². The van der Waals surface area contributed by atoms with Gasteiger partial charge in [0.1, 0.15) is 0 Å². The number of nitro groups is 1. The number of halogens is 1. The van der Waals surface area contributed by atoms with Crippen LogP contribution in [0.3, 0.4) is 0 Å². The molecule has 2 aromatic carbocycles. The lowest BCUT2D eigenvalue weighted by Gasteiger charge is -2.12. The number of nitrogens with zero attached hydrogens (tertiary/aromatic N) is 1. The molecule has 0 atom stereocenters. The fourth-order valence-electron chi connectivity index (χ4n) is 1.84. The quantitative estimate of drug-likeness (QED) is 0.517. The van der Waals surface area contributed by atoms with E-state index in [0.717, 1.165) is 23.8 Å². The zero-order valence-corrected chi connectivity index (χ0v) is 12.6. The molecule has 0 aliphatic carbocycles. The molecule has 6 nitrogen and oxygen atoms in total. The maximum Gasteiger partial charge on any atom is 0.269 e. The summed E-state index contributed by atoms with van der Waals surface area (Å²) >= 11 is 5.83. The third-order valence-corrected chi connectivity index (χ3v) is 3.22. The number of non-ortho nitro benzene ring substituents is 1. The van der Waals surface area contributed by atoms with Gasteiger partial charge in [0.25, 0.3) is 5.69 Å². The molecule has 0 saturated carbocycles. The van der Waals surface area contributed by atoms with E-state index in [4.69, 9.17) is 11.6 Å². The maximum atomic E-state index is 11.7. The van der Waals surface area contributed by atoms with Gasteiger partial charge in [0, 0.05) is 29.8 Å². The van der Waals surface area contributed by atoms with Crippen molar-refractivity contribution >= 4 is 29.3 Å². The Morgan fingerprint density at radius 1 is 1.26 bits per heavy atom. The lowest BCUT2D eigenvalue weighted by atomic mass is 10.1. The minimum atomic E-state index is -0.593. The molecular formula is C16H12ClN2O4-. The van der Waals surface area contributed by atoms with Crippen LogP contribution in [0.25, 0.3) is 6.08 Å². The van der Waals surface area contributed by atoms with E-state index in [-0.39, 0.29) is 23.5 Å². The number of hydrogen-bond acceptors (Lipinski definition) is 4. The molecule has 7 heteroatoms. The van der Waals surface area contributed by atoms with Crippen LogP contribution in [0.2, 0.25) is 5.02 Å². The van der Waals surface area contributed by atoms with E-state index in [2.05, 4.69) is 5.32 Å². The lowest BCUT2D eigenvalue weighted by molar-refractivity contribution is -0.385. The van der Waals surface area contributed by atoms with Gasteiger partial charge in [-0.3, -0.25) is 14.9 Å². The van der Waals surface area contributed by atoms with Crippen molar-refractivity contribution in [3.8, 4) is 5.75 Å². The van der Waals surface area contributed by atoms with Gasteiger partial charge >= 0.3 is 0 Å². The fraction of sp³-hybridized carbons (Fsp3) is 0.0625. The molecular weight excluding hydrogens is 320 g/mol. The predicted molar refractivity (Wildman–Crippen MR) is 84.9 cm³/mol. The normalized spacial score (nSPS) is 10.7. The van der Waals surface area contributed by atoms with Crippen molar-refractivity contribution in [1.82, 2.24) is 5.32 Å². The molecule has 0 aliphatic heterocycles. The SMILES string of the molecule is O=C(/C=C/c1cccc(Cl)c1)NCc1cc([N+](=O)[O-])ccc1[O-]. The van der Waals surface area contributed by atoms with Gasteiger partial charge in [-0.15, -0.1) is 5.75 Å². The minimum Gasteiger partial charge on any atom is -0.872 e. The van der Waals surface area contributed by atoms with E-state index in [0.29, 0.717) is 5.02 Å². The van der Waals surface area contributed by atoms with Gasteiger partial charge in [0.2, 0.25) is 5.91 Å². The highest BCUT2D eigenvalue weighted by atomic mass is 35.5. The van der Waals surface area contributed by atoms with Crippen molar-refractivity contribution in [3.63, 3.8) is 0 Å². The highest BCUT2D eigenvalue weighted by molar-refractivity contribution is 6.30. The maximum absolute atomic E-state index is 11.7. The molecule has 0 bridgehead atoms. The van der Waals surface area contributed by atoms with E-state index >= 15 is 0 Å². The van der Waals surface area contributed by atoms with Crippen LogP contribution < -0.4 is 10.4 Å². The summed E-state index contributed by atoms with van der Waals surface area (Å²) in [7, 11) is 0. The molecule has 0 aromatic heterocycles. The molecule has 0 unspecified atom stereocenters. The summed E-state index contributed by atoms with van der Waals surface area (Å²) in [6.45, 7) is -0.0841. The third kappa shape index (κ3) is 4.82. The zero-order valence-electron chi connectivity index (χ0n) is 11.9. The Morgan fingerprint density at radius 2 is 2.04 bits per heavy atom. The number of hydrogen-bond donors (Lipinski definition) is 1. The van der Waals surface area contributed by atoms with Gasteiger partial charge in [-0.2, -0.15) is 0 Å². The summed E-state index contributed by atoms with van der Waals surface area (Å²) in [5.41, 5.74) is 0.722. The van der Waals surface area contributed by atoms with E-state index in [9.17, 15) is 20.0 Å². The molecule has 2 rings (SSSR count). The summed E-state index contributed by atoms with van der Waals surface area (Å²) in [5.74, 6) is -0.786. The highest BCUT2D eigenvalue weighted by Crippen LogP contribution is 2.20. The Morgan fingerprint density at radius 3 is 2.74 bits per heavy atom. The first-order chi connectivity index (χ1) is 11.0. The molecule has 118 valence electrons. The summed E-state index contributed by atoms with van der Waals surface area (Å²) in [4.78, 5) is 21.8.